The maximum absolute atomic E-state index is 12.2. The number of sulfonamides is 1. The van der Waals surface area contributed by atoms with Crippen LogP contribution in [0.2, 0.25) is 0 Å². The Bertz CT molecular complexity index is 865. The quantitative estimate of drug-likeness (QED) is 0.861. The van der Waals surface area contributed by atoms with Crippen molar-refractivity contribution in [1.82, 2.24) is 4.98 Å². The number of sulfone groups is 1. The van der Waals surface area contributed by atoms with Crippen LogP contribution in [0, 0.1) is 0 Å². The Kier molecular flexibility index (Phi) is 4.35. The monoisotopic (exact) mass is 390 g/mol. The highest BCUT2D eigenvalue weighted by Crippen LogP contribution is 2.26. The molecule has 1 aromatic carbocycles. The summed E-state index contributed by atoms with van der Waals surface area (Å²) in [7, 11) is -7.43. The molecule has 0 fully saturated rings. The summed E-state index contributed by atoms with van der Waals surface area (Å²) in [5.41, 5.74) is 0.293. The van der Waals surface area contributed by atoms with E-state index in [2.05, 4.69) is 25.6 Å². The molecule has 0 radical (unpaired) electrons. The summed E-state index contributed by atoms with van der Waals surface area (Å²) in [6, 6.07) is 6.94. The van der Waals surface area contributed by atoms with E-state index in [0.29, 0.717) is 10.2 Å². The van der Waals surface area contributed by atoms with Crippen LogP contribution in [0.4, 0.5) is 5.69 Å². The van der Waals surface area contributed by atoms with E-state index in [1.807, 2.05) is 0 Å². The van der Waals surface area contributed by atoms with Crippen LogP contribution in [0.25, 0.3) is 0 Å². The van der Waals surface area contributed by atoms with E-state index < -0.39 is 19.9 Å². The second-order valence-electron chi connectivity index (χ2n) is 4.21. The first kappa shape index (κ1) is 15.9. The largest absolute Gasteiger partial charge is 0.278 e. The van der Waals surface area contributed by atoms with Crippen LogP contribution in [-0.4, -0.2) is 28.1 Å². The van der Waals surface area contributed by atoms with Crippen molar-refractivity contribution in [2.24, 2.45) is 0 Å². The van der Waals surface area contributed by atoms with Gasteiger partial charge >= 0.3 is 0 Å². The molecule has 0 aliphatic rings. The number of pyridine rings is 1. The second kappa shape index (κ2) is 5.74. The molecular formula is C12H11BrN2O4S2. The molecule has 0 saturated heterocycles. The third-order valence-electron chi connectivity index (χ3n) is 2.53. The van der Waals surface area contributed by atoms with Gasteiger partial charge in [0.15, 0.2) is 9.84 Å². The van der Waals surface area contributed by atoms with Gasteiger partial charge in [-0.25, -0.2) is 16.8 Å². The number of hydrogen-bond acceptors (Lipinski definition) is 5. The van der Waals surface area contributed by atoms with Gasteiger partial charge in [0.1, 0.15) is 0 Å². The van der Waals surface area contributed by atoms with Crippen molar-refractivity contribution in [3.63, 3.8) is 0 Å². The van der Waals surface area contributed by atoms with Gasteiger partial charge in [-0.3, -0.25) is 9.71 Å². The normalized spacial score (nSPS) is 12.1. The highest BCUT2D eigenvalue weighted by atomic mass is 79.9. The van der Waals surface area contributed by atoms with Gasteiger partial charge < -0.3 is 0 Å². The summed E-state index contributed by atoms with van der Waals surface area (Å²) in [5.74, 6) is 0. The minimum atomic E-state index is -3.89. The number of benzene rings is 1. The molecule has 0 unspecified atom stereocenters. The number of halogens is 1. The molecule has 2 aromatic rings. The molecule has 0 aliphatic heterocycles. The number of hydrogen-bond donors (Lipinski definition) is 1. The van der Waals surface area contributed by atoms with Gasteiger partial charge in [0, 0.05) is 16.9 Å². The predicted molar refractivity (Wildman–Crippen MR) is 82.3 cm³/mol. The SMILES string of the molecule is CS(=O)(=O)c1cc(S(=O)(=O)Nc2cccnc2)ccc1Br. The minimum absolute atomic E-state index is 0.0865. The van der Waals surface area contributed by atoms with Gasteiger partial charge in [-0.1, -0.05) is 0 Å². The smallest absolute Gasteiger partial charge is 0.261 e. The molecule has 1 heterocycles. The number of anilines is 1. The standard InChI is InChI=1S/C12H11BrN2O4S2/c1-20(16,17)12-7-10(4-5-11(12)13)21(18,19)15-9-3-2-6-14-8-9/h2-8,15H,1H3. The Balaban J connectivity index is 2.47. The average Bonchev–Trinajstić information content (AvgIpc) is 2.38. The Morgan fingerprint density at radius 2 is 1.86 bits per heavy atom. The molecule has 0 atom stereocenters. The maximum atomic E-state index is 12.2. The summed E-state index contributed by atoms with van der Waals surface area (Å²) < 4.78 is 50.4. The van der Waals surface area contributed by atoms with E-state index in [1.165, 1.54) is 24.5 Å². The van der Waals surface area contributed by atoms with Crippen molar-refractivity contribution in [1.29, 1.82) is 0 Å². The van der Waals surface area contributed by atoms with Crippen LogP contribution in [0.1, 0.15) is 0 Å². The van der Waals surface area contributed by atoms with E-state index in [4.69, 9.17) is 0 Å². The lowest BCUT2D eigenvalue weighted by Crippen LogP contribution is -2.14. The fourth-order valence-electron chi connectivity index (χ4n) is 1.57. The van der Waals surface area contributed by atoms with Gasteiger partial charge in [0.25, 0.3) is 10.0 Å². The Morgan fingerprint density at radius 3 is 2.43 bits per heavy atom. The number of aromatic nitrogens is 1. The predicted octanol–water partition coefficient (Wildman–Crippen LogP) is 2.05. The third-order valence-corrected chi connectivity index (χ3v) is 6.00. The van der Waals surface area contributed by atoms with Crippen molar-refractivity contribution in [3.8, 4) is 0 Å². The molecule has 21 heavy (non-hydrogen) atoms. The van der Waals surface area contributed by atoms with Gasteiger partial charge in [0.2, 0.25) is 0 Å². The summed E-state index contributed by atoms with van der Waals surface area (Å²) in [6.45, 7) is 0. The van der Waals surface area contributed by atoms with Gasteiger partial charge in [-0.15, -0.1) is 0 Å². The van der Waals surface area contributed by atoms with Crippen LogP contribution >= 0.6 is 15.9 Å². The topological polar surface area (TPSA) is 93.2 Å². The molecule has 0 amide bonds. The Morgan fingerprint density at radius 1 is 1.14 bits per heavy atom. The van der Waals surface area contributed by atoms with E-state index in [-0.39, 0.29) is 9.79 Å². The molecule has 112 valence electrons. The lowest BCUT2D eigenvalue weighted by molar-refractivity contribution is 0.599. The van der Waals surface area contributed by atoms with Crippen molar-refractivity contribution in [2.45, 2.75) is 9.79 Å². The molecule has 1 N–H and O–H groups in total. The van der Waals surface area contributed by atoms with Gasteiger partial charge in [-0.2, -0.15) is 0 Å². The van der Waals surface area contributed by atoms with Crippen LogP contribution in [0.3, 0.4) is 0 Å². The fraction of sp³-hybridized carbons (Fsp3) is 0.0833. The highest BCUT2D eigenvalue weighted by molar-refractivity contribution is 9.10. The molecule has 0 bridgehead atoms. The lowest BCUT2D eigenvalue weighted by atomic mass is 10.4. The van der Waals surface area contributed by atoms with Crippen LogP contribution in [0.15, 0.2) is 57.0 Å². The average molecular weight is 391 g/mol. The first-order valence-electron chi connectivity index (χ1n) is 5.62. The van der Waals surface area contributed by atoms with Crippen LogP contribution < -0.4 is 4.72 Å². The zero-order valence-corrected chi connectivity index (χ0v) is 14.0. The molecular weight excluding hydrogens is 380 g/mol. The van der Waals surface area contributed by atoms with E-state index >= 15 is 0 Å². The highest BCUT2D eigenvalue weighted by Gasteiger charge is 2.19. The Labute approximate surface area is 131 Å². The summed E-state index contributed by atoms with van der Waals surface area (Å²) >= 11 is 3.10. The summed E-state index contributed by atoms with van der Waals surface area (Å²) in [6.07, 6.45) is 3.88. The first-order chi connectivity index (χ1) is 9.70. The molecule has 0 aliphatic carbocycles. The Hall–Kier alpha value is -1.45. The van der Waals surface area contributed by atoms with Crippen molar-refractivity contribution in [3.05, 3.63) is 47.2 Å². The molecule has 6 nitrogen and oxygen atoms in total. The van der Waals surface area contributed by atoms with E-state index in [1.54, 1.807) is 12.1 Å². The lowest BCUT2D eigenvalue weighted by Gasteiger charge is -2.09. The van der Waals surface area contributed by atoms with E-state index in [0.717, 1.165) is 12.3 Å². The van der Waals surface area contributed by atoms with Gasteiger partial charge in [-0.05, 0) is 46.3 Å². The number of nitrogens with one attached hydrogen (secondary N) is 1. The third kappa shape index (κ3) is 3.80. The second-order valence-corrected chi connectivity index (χ2v) is 8.73. The summed E-state index contributed by atoms with van der Waals surface area (Å²) in [4.78, 5) is 3.57. The zero-order chi connectivity index (χ0) is 15.7. The number of rotatable bonds is 4. The van der Waals surface area contributed by atoms with Gasteiger partial charge in [0.05, 0.1) is 21.7 Å². The molecule has 1 aromatic heterocycles. The summed E-state index contributed by atoms with van der Waals surface area (Å²) in [5, 5.41) is 0. The van der Waals surface area contributed by atoms with E-state index in [9.17, 15) is 16.8 Å². The maximum Gasteiger partial charge on any atom is 0.261 e. The van der Waals surface area contributed by atoms with Crippen LogP contribution in [0.5, 0.6) is 0 Å². The fourth-order valence-corrected chi connectivity index (χ4v) is 4.61. The molecule has 0 saturated carbocycles. The molecule has 2 rings (SSSR count). The minimum Gasteiger partial charge on any atom is -0.278 e. The van der Waals surface area contributed by atoms with Crippen molar-refractivity contribution < 1.29 is 16.8 Å². The molecule has 9 heteroatoms. The first-order valence-corrected chi connectivity index (χ1v) is 9.79. The number of nitrogens with zero attached hydrogens (tertiary/aromatic N) is 1. The zero-order valence-electron chi connectivity index (χ0n) is 10.8. The molecule has 0 spiro atoms. The van der Waals surface area contributed by atoms with Crippen molar-refractivity contribution in [2.75, 3.05) is 11.0 Å². The van der Waals surface area contributed by atoms with Crippen LogP contribution in [-0.2, 0) is 19.9 Å². The van der Waals surface area contributed by atoms with Crippen molar-refractivity contribution >= 4 is 41.5 Å².